The predicted octanol–water partition coefficient (Wildman–Crippen LogP) is 9.86. The number of fused-ring (bicyclic) bond motifs is 3. The van der Waals surface area contributed by atoms with Crippen molar-refractivity contribution in [2.75, 3.05) is 36.0 Å². The summed E-state index contributed by atoms with van der Waals surface area (Å²) in [6, 6.07) is 26.9. The highest BCUT2D eigenvalue weighted by Crippen LogP contribution is 2.48. The third-order valence-electron chi connectivity index (χ3n) is 11.7. The average molecular weight is 583 g/mol. The number of nitrogens with zero attached hydrogens (tertiary/aromatic N) is 4. The van der Waals surface area contributed by atoms with Gasteiger partial charge in [0.1, 0.15) is 0 Å². The van der Waals surface area contributed by atoms with Crippen molar-refractivity contribution in [3.05, 3.63) is 85.2 Å². The van der Waals surface area contributed by atoms with Gasteiger partial charge in [-0.05, 0) is 80.3 Å². The number of aromatic nitrogens is 2. The molecule has 2 saturated heterocycles. The molecule has 0 bridgehead atoms. The van der Waals surface area contributed by atoms with E-state index in [9.17, 15) is 0 Å². The largest absolute Gasteiger partial charge is 0.370 e. The molecule has 7 rings (SSSR count). The summed E-state index contributed by atoms with van der Waals surface area (Å²) in [4.78, 5) is 14.8. The first kappa shape index (κ1) is 28.8. The van der Waals surface area contributed by atoms with Crippen molar-refractivity contribution < 1.29 is 0 Å². The average Bonchev–Trinajstić information content (AvgIpc) is 3.35. The van der Waals surface area contributed by atoms with Crippen LogP contribution in [0.5, 0.6) is 0 Å². The quantitative estimate of drug-likeness (QED) is 0.197. The minimum Gasteiger partial charge on any atom is -0.370 e. The summed E-state index contributed by atoms with van der Waals surface area (Å²) in [5.41, 5.74) is 10.4. The van der Waals surface area contributed by atoms with Crippen LogP contribution in [-0.4, -0.2) is 36.1 Å². The van der Waals surface area contributed by atoms with Crippen molar-refractivity contribution in [2.24, 2.45) is 21.7 Å². The van der Waals surface area contributed by atoms with Crippen LogP contribution in [0.2, 0.25) is 0 Å². The Balaban J connectivity index is 1.20. The van der Waals surface area contributed by atoms with E-state index in [0.717, 1.165) is 48.0 Å². The van der Waals surface area contributed by atoms with Gasteiger partial charge in [-0.3, -0.25) is 9.97 Å². The summed E-state index contributed by atoms with van der Waals surface area (Å²) in [6.45, 7) is 23.4. The van der Waals surface area contributed by atoms with Crippen LogP contribution in [0, 0.1) is 21.7 Å². The molecule has 3 aromatic carbocycles. The third kappa shape index (κ3) is 4.57. The topological polar surface area (TPSA) is 32.3 Å². The van der Waals surface area contributed by atoms with E-state index in [2.05, 4.69) is 138 Å². The molecular formula is C40H46N4. The van der Waals surface area contributed by atoms with Crippen LogP contribution in [0.15, 0.2) is 85.2 Å². The molecule has 2 aliphatic heterocycles. The number of anilines is 2. The first-order valence-electron chi connectivity index (χ1n) is 16.1. The molecule has 0 unspecified atom stereocenters. The normalized spacial score (nSPS) is 20.1. The van der Waals surface area contributed by atoms with E-state index < -0.39 is 0 Å². The molecule has 4 nitrogen and oxygen atoms in total. The monoisotopic (exact) mass is 582 g/mol. The van der Waals surface area contributed by atoms with Gasteiger partial charge in [0.05, 0.1) is 11.0 Å². The van der Waals surface area contributed by atoms with Crippen LogP contribution in [0.1, 0.15) is 55.4 Å². The Bertz CT molecular complexity index is 1690. The molecule has 226 valence electrons. The summed E-state index contributed by atoms with van der Waals surface area (Å²) < 4.78 is 0. The zero-order valence-electron chi connectivity index (χ0n) is 27.7. The Morgan fingerprint density at radius 2 is 0.750 bits per heavy atom. The first-order chi connectivity index (χ1) is 20.8. The molecule has 44 heavy (non-hydrogen) atoms. The highest BCUT2D eigenvalue weighted by molar-refractivity contribution is 6.11. The van der Waals surface area contributed by atoms with E-state index in [1.54, 1.807) is 0 Å². The lowest BCUT2D eigenvalue weighted by atomic mass is 9.71. The molecule has 0 amide bonds. The molecule has 4 heteroatoms. The third-order valence-corrected chi connectivity index (χ3v) is 11.7. The zero-order valence-corrected chi connectivity index (χ0v) is 27.7. The highest BCUT2D eigenvalue weighted by atomic mass is 15.2. The van der Waals surface area contributed by atoms with Crippen LogP contribution in [0.4, 0.5) is 11.4 Å². The molecule has 0 radical (unpaired) electrons. The number of hydrogen-bond acceptors (Lipinski definition) is 4. The Hall–Kier alpha value is -3.92. The van der Waals surface area contributed by atoms with E-state index >= 15 is 0 Å². The van der Waals surface area contributed by atoms with Gasteiger partial charge in [0, 0.05) is 60.7 Å². The fourth-order valence-electron chi connectivity index (χ4n) is 7.28. The molecule has 4 heterocycles. The minimum atomic E-state index is 0.282. The second kappa shape index (κ2) is 9.79. The highest BCUT2D eigenvalue weighted by Gasteiger charge is 2.46. The smallest absolute Gasteiger partial charge is 0.0970 e. The molecule has 0 N–H and O–H groups in total. The molecule has 5 aromatic rings. The zero-order chi connectivity index (χ0) is 31.1. The molecule has 0 atom stereocenters. The maximum absolute atomic E-state index is 4.86. The van der Waals surface area contributed by atoms with E-state index in [1.807, 2.05) is 12.4 Å². The molecular weight excluding hydrogens is 536 g/mol. The van der Waals surface area contributed by atoms with Crippen molar-refractivity contribution in [3.8, 4) is 22.3 Å². The van der Waals surface area contributed by atoms with E-state index in [-0.39, 0.29) is 21.7 Å². The van der Waals surface area contributed by atoms with Crippen molar-refractivity contribution in [1.29, 1.82) is 0 Å². The number of rotatable bonds is 4. The molecule has 2 aliphatic rings. The van der Waals surface area contributed by atoms with Gasteiger partial charge in [-0.15, -0.1) is 0 Å². The van der Waals surface area contributed by atoms with Gasteiger partial charge in [-0.2, -0.15) is 0 Å². The second-order valence-electron chi connectivity index (χ2n) is 15.9. The fourth-order valence-corrected chi connectivity index (χ4v) is 7.28. The van der Waals surface area contributed by atoms with E-state index in [0.29, 0.717) is 0 Å². The van der Waals surface area contributed by atoms with Crippen molar-refractivity contribution >= 4 is 33.2 Å². The summed E-state index contributed by atoms with van der Waals surface area (Å²) in [7, 11) is 0. The van der Waals surface area contributed by atoms with Gasteiger partial charge in [0.2, 0.25) is 0 Å². The maximum Gasteiger partial charge on any atom is 0.0970 e. The lowest BCUT2D eigenvalue weighted by Crippen LogP contribution is -2.30. The lowest BCUT2D eigenvalue weighted by molar-refractivity contribution is 0.184. The maximum atomic E-state index is 4.86. The molecule has 2 fully saturated rings. The summed E-state index contributed by atoms with van der Waals surface area (Å²) in [6.07, 6.45) is 3.86. The van der Waals surface area contributed by atoms with Crippen LogP contribution in [0.25, 0.3) is 44.1 Å². The van der Waals surface area contributed by atoms with Crippen molar-refractivity contribution in [1.82, 2.24) is 9.97 Å². The number of benzene rings is 3. The van der Waals surface area contributed by atoms with E-state index in [4.69, 9.17) is 9.97 Å². The summed E-state index contributed by atoms with van der Waals surface area (Å²) in [5.74, 6) is 0. The first-order valence-corrected chi connectivity index (χ1v) is 16.1. The van der Waals surface area contributed by atoms with Gasteiger partial charge < -0.3 is 9.80 Å². The van der Waals surface area contributed by atoms with Crippen LogP contribution in [0.3, 0.4) is 0 Å². The standard InChI is InChI=1S/C40H46N4/c1-37(2)23-43(24-38(37,3)4)29-13-9-27(10-14-29)31-19-21-41-35-33(31)17-18-34-32(20-22-42-36(34)35)28-11-15-30(16-12-28)44-25-39(5,6)40(7,8)26-44/h9-22H,23-26H2,1-8H3. The molecule has 0 aliphatic carbocycles. The molecule has 2 aromatic heterocycles. The predicted molar refractivity (Wildman–Crippen MR) is 187 cm³/mol. The van der Waals surface area contributed by atoms with Crippen LogP contribution in [-0.2, 0) is 0 Å². The van der Waals surface area contributed by atoms with Crippen LogP contribution >= 0.6 is 0 Å². The second-order valence-corrected chi connectivity index (χ2v) is 15.9. The molecule has 0 saturated carbocycles. The Labute approximate surface area is 263 Å². The van der Waals surface area contributed by atoms with Gasteiger partial charge in [-0.25, -0.2) is 0 Å². The SMILES string of the molecule is CC1(C)CN(c2ccc(-c3ccnc4c3ccc3c(-c5ccc(N6CC(C)(C)C(C)(C)C6)cc5)ccnc34)cc2)CC1(C)C. The van der Waals surface area contributed by atoms with Gasteiger partial charge in [-0.1, -0.05) is 91.8 Å². The van der Waals surface area contributed by atoms with Crippen molar-refractivity contribution in [3.63, 3.8) is 0 Å². The number of hydrogen-bond donors (Lipinski definition) is 0. The van der Waals surface area contributed by atoms with Crippen LogP contribution < -0.4 is 9.80 Å². The number of pyridine rings is 2. The Morgan fingerprint density at radius 1 is 0.432 bits per heavy atom. The van der Waals surface area contributed by atoms with Crippen molar-refractivity contribution in [2.45, 2.75) is 55.4 Å². The van der Waals surface area contributed by atoms with Gasteiger partial charge in [0.25, 0.3) is 0 Å². The Kier molecular flexibility index (Phi) is 6.41. The van der Waals surface area contributed by atoms with Gasteiger partial charge >= 0.3 is 0 Å². The Morgan fingerprint density at radius 3 is 1.07 bits per heavy atom. The molecule has 0 spiro atoms. The summed E-state index contributed by atoms with van der Waals surface area (Å²) in [5, 5.41) is 2.27. The lowest BCUT2D eigenvalue weighted by Gasteiger charge is -2.32. The summed E-state index contributed by atoms with van der Waals surface area (Å²) >= 11 is 0. The van der Waals surface area contributed by atoms with Gasteiger partial charge in [0.15, 0.2) is 0 Å². The minimum absolute atomic E-state index is 0.282. The van der Waals surface area contributed by atoms with E-state index in [1.165, 1.54) is 33.6 Å². The fraction of sp³-hybridized carbons (Fsp3) is 0.400.